The van der Waals surface area contributed by atoms with Crippen LogP contribution < -0.4 is 4.90 Å². The Morgan fingerprint density at radius 3 is 2.17 bits per heavy atom. The molecule has 100 valence electrons. The van der Waals surface area contributed by atoms with E-state index < -0.39 is 9.84 Å². The van der Waals surface area contributed by atoms with Gasteiger partial charge in [-0.05, 0) is 30.7 Å². The Morgan fingerprint density at radius 1 is 1.17 bits per heavy atom. The zero-order chi connectivity index (χ0) is 13.8. The molecule has 0 atom stereocenters. The van der Waals surface area contributed by atoms with Gasteiger partial charge >= 0.3 is 0 Å². The molecule has 0 aliphatic carbocycles. The number of carbonyl (C=O) groups is 1. The summed E-state index contributed by atoms with van der Waals surface area (Å²) in [7, 11) is 0.888. The van der Waals surface area contributed by atoms with Crippen LogP contribution in [0.25, 0.3) is 0 Å². The van der Waals surface area contributed by atoms with Crippen LogP contribution in [0.15, 0.2) is 24.3 Å². The van der Waals surface area contributed by atoms with Crippen LogP contribution in [0.2, 0.25) is 0 Å². The average molecular weight is 269 g/mol. The maximum Gasteiger partial charge on any atom is 0.162 e. The first-order valence-electron chi connectivity index (χ1n) is 5.78. The summed E-state index contributed by atoms with van der Waals surface area (Å²) in [4.78, 5) is 13.8. The molecular weight excluding hydrogens is 250 g/mol. The van der Waals surface area contributed by atoms with Gasteiger partial charge in [0.15, 0.2) is 5.78 Å². The summed E-state index contributed by atoms with van der Waals surface area (Å²) in [5, 5.41) is 0. The number of hydrogen-bond acceptors (Lipinski definition) is 4. The lowest BCUT2D eigenvalue weighted by molar-refractivity contribution is 0.0982. The summed E-state index contributed by atoms with van der Waals surface area (Å²) in [5.41, 5.74) is 1.66. The fraction of sp³-hybridized carbons (Fsp3) is 0.462. The van der Waals surface area contributed by atoms with Crippen LogP contribution >= 0.6 is 0 Å². The summed E-state index contributed by atoms with van der Waals surface area (Å²) < 4.78 is 21.9. The van der Waals surface area contributed by atoms with Gasteiger partial charge in [0.1, 0.15) is 9.84 Å². The second-order valence-corrected chi connectivity index (χ2v) is 6.86. The maximum atomic E-state index is 11.8. The van der Waals surface area contributed by atoms with Crippen molar-refractivity contribution in [2.24, 2.45) is 0 Å². The molecule has 4 nitrogen and oxygen atoms in total. The molecule has 18 heavy (non-hydrogen) atoms. The molecule has 0 bridgehead atoms. The Hall–Kier alpha value is -1.36. The van der Waals surface area contributed by atoms with Crippen molar-refractivity contribution in [2.75, 3.05) is 31.0 Å². The minimum atomic E-state index is -2.98. The standard InChI is InChI=1S/C13H19NO3S/c1-14(2)12-8-6-11(7-9-12)13(15)5-4-10-18(3,16)17/h6-9H,4-5,10H2,1-3H3. The molecule has 1 aromatic carbocycles. The van der Waals surface area contributed by atoms with E-state index in [9.17, 15) is 13.2 Å². The second kappa shape index (κ2) is 6.00. The van der Waals surface area contributed by atoms with Gasteiger partial charge in [0, 0.05) is 38.0 Å². The molecule has 0 aliphatic rings. The van der Waals surface area contributed by atoms with Crippen molar-refractivity contribution in [2.45, 2.75) is 12.8 Å². The van der Waals surface area contributed by atoms with Crippen molar-refractivity contribution in [3.63, 3.8) is 0 Å². The van der Waals surface area contributed by atoms with Gasteiger partial charge in [0.25, 0.3) is 0 Å². The number of sulfone groups is 1. The van der Waals surface area contributed by atoms with E-state index in [1.54, 1.807) is 12.1 Å². The molecule has 0 amide bonds. The number of hydrogen-bond donors (Lipinski definition) is 0. The van der Waals surface area contributed by atoms with Crippen LogP contribution in [0.5, 0.6) is 0 Å². The molecule has 0 heterocycles. The quantitative estimate of drug-likeness (QED) is 0.738. The molecule has 0 saturated carbocycles. The molecular formula is C13H19NO3S. The molecule has 5 heteroatoms. The number of ketones is 1. The lowest BCUT2D eigenvalue weighted by atomic mass is 10.1. The predicted molar refractivity (Wildman–Crippen MR) is 74.0 cm³/mol. The highest BCUT2D eigenvalue weighted by Crippen LogP contribution is 2.14. The minimum Gasteiger partial charge on any atom is -0.378 e. The zero-order valence-corrected chi connectivity index (χ0v) is 11.8. The first kappa shape index (κ1) is 14.7. The van der Waals surface area contributed by atoms with Gasteiger partial charge < -0.3 is 4.90 Å². The van der Waals surface area contributed by atoms with Gasteiger partial charge in [-0.15, -0.1) is 0 Å². The van der Waals surface area contributed by atoms with Crippen LogP contribution in [0.4, 0.5) is 5.69 Å². The maximum absolute atomic E-state index is 11.8. The fourth-order valence-corrected chi connectivity index (χ4v) is 2.25. The normalized spacial score (nSPS) is 11.3. The van der Waals surface area contributed by atoms with Gasteiger partial charge in [-0.3, -0.25) is 4.79 Å². The van der Waals surface area contributed by atoms with E-state index in [4.69, 9.17) is 0 Å². The highest BCUT2D eigenvalue weighted by atomic mass is 32.2. The Morgan fingerprint density at radius 2 is 1.72 bits per heavy atom. The van der Waals surface area contributed by atoms with Gasteiger partial charge in [0.2, 0.25) is 0 Å². The highest BCUT2D eigenvalue weighted by molar-refractivity contribution is 7.90. The second-order valence-electron chi connectivity index (χ2n) is 4.60. The first-order chi connectivity index (χ1) is 8.29. The largest absolute Gasteiger partial charge is 0.378 e. The third-order valence-electron chi connectivity index (χ3n) is 2.62. The molecule has 0 aromatic heterocycles. The number of carbonyl (C=O) groups excluding carboxylic acids is 1. The summed E-state index contributed by atoms with van der Waals surface area (Å²) in [6.45, 7) is 0. The first-order valence-corrected chi connectivity index (χ1v) is 7.84. The van der Waals surface area contributed by atoms with Gasteiger partial charge in [0.05, 0.1) is 5.75 Å². The van der Waals surface area contributed by atoms with Crippen molar-refractivity contribution in [3.8, 4) is 0 Å². The fourth-order valence-electron chi connectivity index (χ4n) is 1.58. The lowest BCUT2D eigenvalue weighted by Gasteiger charge is -2.12. The third-order valence-corrected chi connectivity index (χ3v) is 3.65. The molecule has 0 spiro atoms. The van der Waals surface area contributed by atoms with E-state index in [1.807, 2.05) is 31.1 Å². The monoisotopic (exact) mass is 269 g/mol. The number of Topliss-reactive ketones (excluding diaryl/α,β-unsaturated/α-hetero) is 1. The molecule has 0 N–H and O–H groups in total. The van der Waals surface area contributed by atoms with E-state index in [1.165, 1.54) is 6.26 Å². The van der Waals surface area contributed by atoms with Gasteiger partial charge in [-0.25, -0.2) is 8.42 Å². The number of nitrogens with zero attached hydrogens (tertiary/aromatic N) is 1. The third kappa shape index (κ3) is 4.87. The van der Waals surface area contributed by atoms with Crippen LogP contribution in [0.3, 0.4) is 0 Å². The predicted octanol–water partition coefficient (Wildman–Crippen LogP) is 1.76. The SMILES string of the molecule is CN(C)c1ccc(C(=O)CCCS(C)(=O)=O)cc1. The lowest BCUT2D eigenvalue weighted by Crippen LogP contribution is -2.09. The summed E-state index contributed by atoms with van der Waals surface area (Å²) >= 11 is 0. The zero-order valence-electron chi connectivity index (χ0n) is 11.0. The van der Waals surface area contributed by atoms with E-state index in [-0.39, 0.29) is 18.0 Å². The molecule has 1 rings (SSSR count). The molecule has 0 fully saturated rings. The van der Waals surface area contributed by atoms with Gasteiger partial charge in [-0.1, -0.05) is 0 Å². The van der Waals surface area contributed by atoms with Crippen molar-refractivity contribution in [1.29, 1.82) is 0 Å². The number of rotatable bonds is 6. The Kier molecular flexibility index (Phi) is 4.90. The van der Waals surface area contributed by atoms with Crippen LogP contribution in [-0.4, -0.2) is 40.3 Å². The summed E-state index contributed by atoms with van der Waals surface area (Å²) in [6, 6.07) is 7.31. The van der Waals surface area contributed by atoms with Crippen LogP contribution in [0, 0.1) is 0 Å². The Balaban J connectivity index is 2.57. The smallest absolute Gasteiger partial charge is 0.162 e. The van der Waals surface area contributed by atoms with Crippen molar-refractivity contribution >= 4 is 21.3 Å². The van der Waals surface area contributed by atoms with Crippen molar-refractivity contribution < 1.29 is 13.2 Å². The molecule has 0 saturated heterocycles. The minimum absolute atomic E-state index is 0.0102. The molecule has 0 aliphatic heterocycles. The topological polar surface area (TPSA) is 54.5 Å². The Labute approximate surface area is 109 Å². The molecule has 0 radical (unpaired) electrons. The van der Waals surface area contributed by atoms with Crippen molar-refractivity contribution in [3.05, 3.63) is 29.8 Å². The Bertz CT molecular complexity index is 504. The molecule has 1 aromatic rings. The number of anilines is 1. The van der Waals surface area contributed by atoms with E-state index >= 15 is 0 Å². The van der Waals surface area contributed by atoms with Gasteiger partial charge in [-0.2, -0.15) is 0 Å². The molecule has 0 unspecified atom stereocenters. The van der Waals surface area contributed by atoms with E-state index in [2.05, 4.69) is 0 Å². The number of benzene rings is 1. The average Bonchev–Trinajstić information content (AvgIpc) is 2.27. The highest BCUT2D eigenvalue weighted by Gasteiger charge is 2.08. The summed E-state index contributed by atoms with van der Waals surface area (Å²) in [5.74, 6) is 0.0538. The van der Waals surface area contributed by atoms with Crippen LogP contribution in [-0.2, 0) is 9.84 Å². The van der Waals surface area contributed by atoms with E-state index in [0.717, 1.165) is 5.69 Å². The van der Waals surface area contributed by atoms with Crippen molar-refractivity contribution in [1.82, 2.24) is 0 Å². The van der Waals surface area contributed by atoms with E-state index in [0.29, 0.717) is 12.0 Å². The summed E-state index contributed by atoms with van der Waals surface area (Å²) in [6.07, 6.45) is 1.84. The van der Waals surface area contributed by atoms with Crippen LogP contribution in [0.1, 0.15) is 23.2 Å².